The first-order valence-electron chi connectivity index (χ1n) is 8.66. The molecular formula is C21H25NO3S. The Kier molecular flexibility index (Phi) is 7.16. The van der Waals surface area contributed by atoms with E-state index in [4.69, 9.17) is 0 Å². The van der Waals surface area contributed by atoms with E-state index in [0.717, 1.165) is 11.1 Å². The molecular weight excluding hydrogens is 346 g/mol. The van der Waals surface area contributed by atoms with Crippen molar-refractivity contribution < 1.29 is 13.2 Å². The number of rotatable bonds is 8. The molecule has 26 heavy (non-hydrogen) atoms. The Morgan fingerprint density at radius 3 is 2.19 bits per heavy atom. The average Bonchev–Trinajstić information content (AvgIpc) is 2.66. The maximum Gasteiger partial charge on any atom is 0.238 e. The SMILES string of the molecule is CC(CNC(=O)C(C)S(=O)(=O)C/C=C/c1ccccc1)c1ccccc1. The molecule has 0 saturated carbocycles. The van der Waals surface area contributed by atoms with Crippen molar-refractivity contribution in [2.24, 2.45) is 0 Å². The summed E-state index contributed by atoms with van der Waals surface area (Å²) >= 11 is 0. The summed E-state index contributed by atoms with van der Waals surface area (Å²) in [7, 11) is -3.54. The molecule has 2 rings (SSSR count). The predicted molar refractivity (Wildman–Crippen MR) is 107 cm³/mol. The summed E-state index contributed by atoms with van der Waals surface area (Å²) < 4.78 is 24.7. The quantitative estimate of drug-likeness (QED) is 0.773. The van der Waals surface area contributed by atoms with E-state index in [0.29, 0.717) is 6.54 Å². The maximum absolute atomic E-state index is 12.4. The molecule has 2 unspecified atom stereocenters. The molecule has 1 amide bonds. The van der Waals surface area contributed by atoms with Gasteiger partial charge in [0.1, 0.15) is 5.25 Å². The van der Waals surface area contributed by atoms with Crippen LogP contribution in [0.1, 0.15) is 30.9 Å². The van der Waals surface area contributed by atoms with Crippen molar-refractivity contribution in [2.75, 3.05) is 12.3 Å². The molecule has 0 spiro atoms. The topological polar surface area (TPSA) is 63.2 Å². The van der Waals surface area contributed by atoms with Gasteiger partial charge in [0.15, 0.2) is 9.84 Å². The van der Waals surface area contributed by atoms with Crippen LogP contribution < -0.4 is 5.32 Å². The third-order valence-electron chi connectivity index (χ3n) is 4.30. The van der Waals surface area contributed by atoms with Crippen LogP contribution in [0.2, 0.25) is 0 Å². The molecule has 2 atom stereocenters. The Morgan fingerprint density at radius 1 is 1.00 bits per heavy atom. The number of carbonyl (C=O) groups excluding carboxylic acids is 1. The van der Waals surface area contributed by atoms with Crippen molar-refractivity contribution in [1.82, 2.24) is 5.32 Å². The van der Waals surface area contributed by atoms with Gasteiger partial charge in [-0.05, 0) is 24.0 Å². The number of amides is 1. The van der Waals surface area contributed by atoms with Crippen molar-refractivity contribution in [3.8, 4) is 0 Å². The molecule has 0 aliphatic rings. The standard InChI is InChI=1S/C21H25NO3S/c1-17(20-13-7-4-8-14-20)16-22-21(23)18(2)26(24,25)15-9-12-19-10-5-3-6-11-19/h3-14,17-18H,15-16H2,1-2H3,(H,22,23)/b12-9+. The van der Waals surface area contributed by atoms with Crippen LogP contribution in [-0.4, -0.2) is 31.9 Å². The largest absolute Gasteiger partial charge is 0.354 e. The second-order valence-corrected chi connectivity index (χ2v) is 8.71. The molecule has 1 N–H and O–H groups in total. The summed E-state index contributed by atoms with van der Waals surface area (Å²) in [6.45, 7) is 3.84. The molecule has 0 aromatic heterocycles. The molecule has 0 heterocycles. The molecule has 0 saturated heterocycles. The Labute approximate surface area is 155 Å². The molecule has 4 nitrogen and oxygen atoms in total. The van der Waals surface area contributed by atoms with Crippen LogP contribution >= 0.6 is 0 Å². The van der Waals surface area contributed by atoms with Crippen LogP contribution in [0.25, 0.3) is 6.08 Å². The summed E-state index contributed by atoms with van der Waals surface area (Å²) in [5.41, 5.74) is 2.03. The molecule has 2 aromatic rings. The van der Waals surface area contributed by atoms with Crippen LogP contribution in [0.15, 0.2) is 66.7 Å². The van der Waals surface area contributed by atoms with Crippen molar-refractivity contribution >= 4 is 21.8 Å². The van der Waals surface area contributed by atoms with E-state index >= 15 is 0 Å². The minimum atomic E-state index is -3.54. The zero-order chi connectivity index (χ0) is 19.0. The summed E-state index contributed by atoms with van der Waals surface area (Å²) in [6, 6.07) is 19.3. The fraction of sp³-hybridized carbons (Fsp3) is 0.286. The lowest BCUT2D eigenvalue weighted by atomic mass is 10.0. The third kappa shape index (κ3) is 5.85. The number of nitrogens with one attached hydrogen (secondary N) is 1. The van der Waals surface area contributed by atoms with Crippen LogP contribution in [0.5, 0.6) is 0 Å². The van der Waals surface area contributed by atoms with Crippen LogP contribution in [-0.2, 0) is 14.6 Å². The van der Waals surface area contributed by atoms with Crippen molar-refractivity contribution in [3.05, 3.63) is 77.9 Å². The van der Waals surface area contributed by atoms with Gasteiger partial charge < -0.3 is 5.32 Å². The summed E-state index contributed by atoms with van der Waals surface area (Å²) in [5.74, 6) is -0.501. The highest BCUT2D eigenvalue weighted by Crippen LogP contribution is 2.13. The smallest absolute Gasteiger partial charge is 0.238 e. The molecule has 0 fully saturated rings. The highest BCUT2D eigenvalue weighted by molar-refractivity contribution is 7.92. The van der Waals surface area contributed by atoms with Gasteiger partial charge in [0, 0.05) is 6.54 Å². The van der Waals surface area contributed by atoms with Gasteiger partial charge in [-0.15, -0.1) is 0 Å². The second-order valence-electron chi connectivity index (χ2n) is 6.34. The van der Waals surface area contributed by atoms with Crippen molar-refractivity contribution in [2.45, 2.75) is 25.0 Å². The number of hydrogen-bond donors (Lipinski definition) is 1. The van der Waals surface area contributed by atoms with Gasteiger partial charge in [-0.3, -0.25) is 4.79 Å². The van der Waals surface area contributed by atoms with Crippen molar-refractivity contribution in [3.63, 3.8) is 0 Å². The molecule has 2 aromatic carbocycles. The normalized spacial score (nSPS) is 14.1. The molecule has 138 valence electrons. The number of hydrogen-bond acceptors (Lipinski definition) is 3. The van der Waals surface area contributed by atoms with Gasteiger partial charge in [0.25, 0.3) is 0 Å². The number of sulfone groups is 1. The van der Waals surface area contributed by atoms with Crippen LogP contribution in [0.4, 0.5) is 0 Å². The van der Waals surface area contributed by atoms with E-state index in [9.17, 15) is 13.2 Å². The molecule has 5 heteroatoms. The third-order valence-corrected chi connectivity index (χ3v) is 6.25. The summed E-state index contributed by atoms with van der Waals surface area (Å²) in [4.78, 5) is 12.2. The lowest BCUT2D eigenvalue weighted by molar-refractivity contribution is -0.120. The van der Waals surface area contributed by atoms with Crippen LogP contribution in [0.3, 0.4) is 0 Å². The predicted octanol–water partition coefficient (Wildman–Crippen LogP) is 3.42. The van der Waals surface area contributed by atoms with Crippen molar-refractivity contribution in [1.29, 1.82) is 0 Å². The lowest BCUT2D eigenvalue weighted by Crippen LogP contribution is -2.40. The van der Waals surface area contributed by atoms with Gasteiger partial charge in [0.2, 0.25) is 5.91 Å². The fourth-order valence-corrected chi connectivity index (χ4v) is 3.55. The lowest BCUT2D eigenvalue weighted by Gasteiger charge is -2.16. The zero-order valence-corrected chi connectivity index (χ0v) is 15.9. The molecule has 0 bridgehead atoms. The molecule has 0 aliphatic carbocycles. The zero-order valence-electron chi connectivity index (χ0n) is 15.1. The van der Waals surface area contributed by atoms with Gasteiger partial charge in [-0.2, -0.15) is 0 Å². The average molecular weight is 372 g/mol. The molecule has 0 aliphatic heterocycles. The monoisotopic (exact) mass is 371 g/mol. The number of carbonyl (C=O) groups is 1. The minimum absolute atomic E-state index is 0.119. The maximum atomic E-state index is 12.4. The van der Waals surface area contributed by atoms with Gasteiger partial charge >= 0.3 is 0 Å². The van der Waals surface area contributed by atoms with Gasteiger partial charge in [-0.1, -0.05) is 79.7 Å². The Bertz CT molecular complexity index is 830. The first-order valence-corrected chi connectivity index (χ1v) is 10.4. The minimum Gasteiger partial charge on any atom is -0.354 e. The first-order chi connectivity index (χ1) is 12.4. The Morgan fingerprint density at radius 2 is 1.58 bits per heavy atom. The van der Waals surface area contributed by atoms with Crippen LogP contribution in [0, 0.1) is 0 Å². The number of benzene rings is 2. The van der Waals surface area contributed by atoms with E-state index in [1.54, 1.807) is 12.2 Å². The van der Waals surface area contributed by atoms with E-state index in [1.807, 2.05) is 67.6 Å². The van der Waals surface area contributed by atoms with Gasteiger partial charge in [-0.25, -0.2) is 8.42 Å². The Hall–Kier alpha value is -2.40. The summed E-state index contributed by atoms with van der Waals surface area (Å²) in [6.07, 6.45) is 3.33. The van der Waals surface area contributed by atoms with Gasteiger partial charge in [0.05, 0.1) is 5.75 Å². The molecule has 0 radical (unpaired) electrons. The first kappa shape index (κ1) is 19.9. The highest BCUT2D eigenvalue weighted by atomic mass is 32.2. The second kappa shape index (κ2) is 9.34. The fourth-order valence-electron chi connectivity index (χ4n) is 2.49. The summed E-state index contributed by atoms with van der Waals surface area (Å²) in [5, 5.41) is 1.67. The van der Waals surface area contributed by atoms with E-state index < -0.39 is 21.0 Å². The highest BCUT2D eigenvalue weighted by Gasteiger charge is 2.26. The van der Waals surface area contributed by atoms with E-state index in [1.165, 1.54) is 6.92 Å². The van der Waals surface area contributed by atoms with E-state index in [-0.39, 0.29) is 11.7 Å². The van der Waals surface area contributed by atoms with E-state index in [2.05, 4.69) is 5.32 Å². The Balaban J connectivity index is 1.88.